The van der Waals surface area contributed by atoms with Gasteiger partial charge in [-0.1, -0.05) is 55.8 Å². The predicted molar refractivity (Wildman–Crippen MR) is 95.9 cm³/mol. The third-order valence-electron chi connectivity index (χ3n) is 3.51. The zero-order chi connectivity index (χ0) is 16.7. The average Bonchev–Trinajstić information content (AvgIpc) is 2.55. The number of rotatable bonds is 6. The van der Waals surface area contributed by atoms with Gasteiger partial charge in [-0.3, -0.25) is 4.79 Å². The van der Waals surface area contributed by atoms with Crippen molar-refractivity contribution >= 4 is 17.8 Å². The van der Waals surface area contributed by atoms with Crippen LogP contribution in [0, 0.1) is 6.92 Å². The highest BCUT2D eigenvalue weighted by atomic mass is 16.2. The van der Waals surface area contributed by atoms with Gasteiger partial charge in [0.25, 0.3) is 5.91 Å². The zero-order valence-electron chi connectivity index (χ0n) is 13.8. The quantitative estimate of drug-likeness (QED) is 0.632. The van der Waals surface area contributed by atoms with Crippen molar-refractivity contribution < 1.29 is 4.79 Å². The lowest BCUT2D eigenvalue weighted by molar-refractivity contribution is -0.119. The summed E-state index contributed by atoms with van der Waals surface area (Å²) in [6.07, 6.45) is 1.65. The molecule has 4 heteroatoms. The van der Waals surface area contributed by atoms with Gasteiger partial charge >= 0.3 is 0 Å². The van der Waals surface area contributed by atoms with Crippen LogP contribution in [0.4, 0.5) is 5.69 Å². The molecule has 0 heterocycles. The van der Waals surface area contributed by atoms with E-state index in [1.54, 1.807) is 6.21 Å². The van der Waals surface area contributed by atoms with Crippen molar-refractivity contribution in [2.45, 2.75) is 26.7 Å². The molecule has 0 aliphatic heterocycles. The minimum atomic E-state index is -0.180. The summed E-state index contributed by atoms with van der Waals surface area (Å²) in [5.74, 6) is 0.328. The maximum absolute atomic E-state index is 11.7. The lowest BCUT2D eigenvalue weighted by Crippen LogP contribution is -2.25. The number of nitrogens with zero attached hydrogens (tertiary/aromatic N) is 1. The molecule has 0 spiro atoms. The molecule has 2 N–H and O–H groups in total. The van der Waals surface area contributed by atoms with Crippen LogP contribution in [-0.4, -0.2) is 18.7 Å². The van der Waals surface area contributed by atoms with E-state index in [-0.39, 0.29) is 12.5 Å². The molecule has 0 atom stereocenters. The van der Waals surface area contributed by atoms with Gasteiger partial charge in [-0.05, 0) is 36.1 Å². The number of carbonyl (C=O) groups is 1. The minimum absolute atomic E-state index is 0.180. The fourth-order valence-electron chi connectivity index (χ4n) is 2.04. The number of amides is 1. The second kappa shape index (κ2) is 8.13. The predicted octanol–water partition coefficient (Wildman–Crippen LogP) is 3.68. The Morgan fingerprint density at radius 2 is 1.74 bits per heavy atom. The second-order valence-corrected chi connectivity index (χ2v) is 5.83. The highest BCUT2D eigenvalue weighted by Crippen LogP contribution is 2.13. The maximum Gasteiger partial charge on any atom is 0.259 e. The van der Waals surface area contributed by atoms with Crippen LogP contribution in [0.15, 0.2) is 53.6 Å². The molecule has 0 aromatic heterocycles. The van der Waals surface area contributed by atoms with Gasteiger partial charge in [-0.2, -0.15) is 5.10 Å². The first-order chi connectivity index (χ1) is 11.0. The van der Waals surface area contributed by atoms with Crippen LogP contribution >= 0.6 is 0 Å². The Balaban J connectivity index is 1.78. The van der Waals surface area contributed by atoms with Crippen LogP contribution in [0.2, 0.25) is 0 Å². The van der Waals surface area contributed by atoms with Crippen LogP contribution in [0.3, 0.4) is 0 Å². The lowest BCUT2D eigenvalue weighted by Gasteiger charge is -2.06. The fourth-order valence-corrected chi connectivity index (χ4v) is 2.04. The van der Waals surface area contributed by atoms with E-state index in [1.807, 2.05) is 43.3 Å². The summed E-state index contributed by atoms with van der Waals surface area (Å²) in [6, 6.07) is 16.0. The number of nitrogens with one attached hydrogen (secondary N) is 2. The number of benzene rings is 2. The number of anilines is 1. The van der Waals surface area contributed by atoms with E-state index in [4.69, 9.17) is 0 Å². The summed E-state index contributed by atoms with van der Waals surface area (Å²) in [4.78, 5) is 11.7. The largest absolute Gasteiger partial charge is 0.376 e. The molecule has 0 aliphatic rings. The van der Waals surface area contributed by atoms with Crippen LogP contribution in [0.1, 0.15) is 36.5 Å². The van der Waals surface area contributed by atoms with E-state index in [1.165, 1.54) is 11.1 Å². The normalized spacial score (nSPS) is 11.0. The molecule has 0 radical (unpaired) electrons. The molecule has 0 aliphatic carbocycles. The van der Waals surface area contributed by atoms with Gasteiger partial charge in [0, 0.05) is 5.69 Å². The second-order valence-electron chi connectivity index (χ2n) is 5.83. The molecule has 0 saturated heterocycles. The Morgan fingerprint density at radius 1 is 1.09 bits per heavy atom. The summed E-state index contributed by atoms with van der Waals surface area (Å²) in [7, 11) is 0. The Kier molecular flexibility index (Phi) is 5.92. The van der Waals surface area contributed by atoms with Gasteiger partial charge in [0.05, 0.1) is 12.8 Å². The van der Waals surface area contributed by atoms with Crippen LogP contribution in [0.25, 0.3) is 0 Å². The van der Waals surface area contributed by atoms with Gasteiger partial charge in [0.15, 0.2) is 0 Å². The van der Waals surface area contributed by atoms with Crippen molar-refractivity contribution in [1.29, 1.82) is 0 Å². The molecule has 0 saturated carbocycles. The summed E-state index contributed by atoms with van der Waals surface area (Å²) >= 11 is 0. The van der Waals surface area contributed by atoms with Crippen molar-refractivity contribution in [3.8, 4) is 0 Å². The van der Waals surface area contributed by atoms with Crippen molar-refractivity contribution in [3.63, 3.8) is 0 Å². The first-order valence-electron chi connectivity index (χ1n) is 7.77. The monoisotopic (exact) mass is 309 g/mol. The molecule has 120 valence electrons. The molecular formula is C19H23N3O. The topological polar surface area (TPSA) is 53.5 Å². The smallest absolute Gasteiger partial charge is 0.259 e. The molecule has 0 bridgehead atoms. The Labute approximate surface area is 137 Å². The van der Waals surface area contributed by atoms with Gasteiger partial charge < -0.3 is 5.32 Å². The van der Waals surface area contributed by atoms with Gasteiger partial charge in [0.2, 0.25) is 0 Å². The van der Waals surface area contributed by atoms with E-state index < -0.39 is 0 Å². The highest BCUT2D eigenvalue weighted by molar-refractivity contribution is 5.84. The number of hydrogen-bond acceptors (Lipinski definition) is 3. The third kappa shape index (κ3) is 5.58. The standard InChI is InChI=1S/C19H23N3O/c1-14(2)17-8-6-16(7-9-17)12-21-22-19(23)13-20-18-10-4-15(3)5-11-18/h4-12,14,20H,13H2,1-3H3,(H,22,23)/b21-12+. The molecular weight excluding hydrogens is 286 g/mol. The average molecular weight is 309 g/mol. The number of hydrogen-bond donors (Lipinski definition) is 2. The molecule has 4 nitrogen and oxygen atoms in total. The summed E-state index contributed by atoms with van der Waals surface area (Å²) in [6.45, 7) is 6.53. The first-order valence-corrected chi connectivity index (χ1v) is 7.77. The maximum atomic E-state index is 11.7. The zero-order valence-corrected chi connectivity index (χ0v) is 13.8. The molecule has 23 heavy (non-hydrogen) atoms. The molecule has 2 aromatic carbocycles. The summed E-state index contributed by atoms with van der Waals surface area (Å²) < 4.78 is 0. The molecule has 0 unspecified atom stereocenters. The van der Waals surface area contributed by atoms with Crippen LogP contribution in [0.5, 0.6) is 0 Å². The molecule has 2 rings (SSSR count). The van der Waals surface area contributed by atoms with Gasteiger partial charge in [-0.25, -0.2) is 5.43 Å². The van der Waals surface area contributed by atoms with E-state index >= 15 is 0 Å². The van der Waals surface area contributed by atoms with Crippen LogP contribution in [-0.2, 0) is 4.79 Å². The van der Waals surface area contributed by atoms with E-state index in [9.17, 15) is 4.79 Å². The van der Waals surface area contributed by atoms with Crippen molar-refractivity contribution in [2.75, 3.05) is 11.9 Å². The number of hydrazone groups is 1. The van der Waals surface area contributed by atoms with Crippen molar-refractivity contribution in [2.24, 2.45) is 5.10 Å². The summed E-state index contributed by atoms with van der Waals surface area (Å²) in [5.41, 5.74) is 6.87. The first kappa shape index (κ1) is 16.7. The van der Waals surface area contributed by atoms with Crippen LogP contribution < -0.4 is 10.7 Å². The Bertz CT molecular complexity index is 658. The van der Waals surface area contributed by atoms with Crippen molar-refractivity contribution in [3.05, 3.63) is 65.2 Å². The Hall–Kier alpha value is -2.62. The lowest BCUT2D eigenvalue weighted by atomic mass is 10.0. The molecule has 1 amide bonds. The Morgan fingerprint density at radius 3 is 2.35 bits per heavy atom. The number of carbonyl (C=O) groups excluding carboxylic acids is 1. The van der Waals surface area contributed by atoms with E-state index in [0.717, 1.165) is 11.3 Å². The van der Waals surface area contributed by atoms with Gasteiger partial charge in [0.1, 0.15) is 0 Å². The minimum Gasteiger partial charge on any atom is -0.376 e. The fraction of sp³-hybridized carbons (Fsp3) is 0.263. The number of aryl methyl sites for hydroxylation is 1. The molecule has 2 aromatic rings. The highest BCUT2D eigenvalue weighted by Gasteiger charge is 2.00. The summed E-state index contributed by atoms with van der Waals surface area (Å²) in [5, 5.41) is 7.03. The SMILES string of the molecule is Cc1ccc(NCC(=O)N/N=C/c2ccc(C(C)C)cc2)cc1. The van der Waals surface area contributed by atoms with Crippen molar-refractivity contribution in [1.82, 2.24) is 5.43 Å². The van der Waals surface area contributed by atoms with E-state index in [0.29, 0.717) is 5.92 Å². The van der Waals surface area contributed by atoms with Gasteiger partial charge in [-0.15, -0.1) is 0 Å². The molecule has 0 fully saturated rings. The third-order valence-corrected chi connectivity index (χ3v) is 3.51. The van der Waals surface area contributed by atoms with E-state index in [2.05, 4.69) is 41.8 Å².